The summed E-state index contributed by atoms with van der Waals surface area (Å²) < 4.78 is 0. The second-order valence-corrected chi connectivity index (χ2v) is 0. The zero-order chi connectivity index (χ0) is 0. The van der Waals surface area contributed by atoms with Gasteiger partial charge < -0.3 is 5.71 Å². The van der Waals surface area contributed by atoms with Crippen molar-refractivity contribution in [3.05, 3.63) is 0 Å². The van der Waals surface area contributed by atoms with Gasteiger partial charge in [-0.3, -0.25) is 0 Å². The van der Waals surface area contributed by atoms with Crippen molar-refractivity contribution in [2.45, 2.75) is 0 Å². The Bertz CT molecular complexity index is 16.0. The van der Waals surface area contributed by atoms with Crippen LogP contribution in [0.4, 0.5) is 0 Å². The first-order valence-corrected chi connectivity index (χ1v) is 0. The van der Waals surface area contributed by atoms with Gasteiger partial charge in [0.2, 0.25) is 0 Å². The van der Waals surface area contributed by atoms with Crippen molar-refractivity contribution < 1.29 is 58.4 Å². The van der Waals surface area contributed by atoms with Gasteiger partial charge in [0.25, 0.3) is 0 Å². The fourth-order valence-corrected chi connectivity index (χ4v) is 0. The van der Waals surface area contributed by atoms with Gasteiger partial charge >= 0.3 is 83.2 Å². The van der Waals surface area contributed by atoms with Gasteiger partial charge in [0.05, 0.1) is 0 Å². The Morgan fingerprint density at radius 1 is 1.25 bits per heavy atom. The van der Waals surface area contributed by atoms with E-state index < -0.39 is 0 Å². The standard InChI is InChI=1S/Ca.La.Mn.Sr.4H/q+2;;;+2;4*-1. The zero-order valence-corrected chi connectivity index (χ0v) is 12.9. The summed E-state index contributed by atoms with van der Waals surface area (Å²) >= 11 is 0. The van der Waals surface area contributed by atoms with Gasteiger partial charge in [-0.15, -0.1) is 0 Å². The van der Waals surface area contributed by atoms with Crippen molar-refractivity contribution in [3.63, 3.8) is 0 Å². The molecule has 0 aromatic carbocycles. The Kier molecular flexibility index (Phi) is 92.6. The molecule has 0 aromatic heterocycles. The minimum Gasteiger partial charge on any atom is -1.00 e. The molecule has 0 amide bonds. The van der Waals surface area contributed by atoms with Crippen LogP contribution in [0.3, 0.4) is 0 Å². The molecule has 0 aromatic rings. The smallest absolute Gasteiger partial charge is 1.00 e. The Balaban J connectivity index is 0. The fourth-order valence-electron chi connectivity index (χ4n) is 0. The van der Waals surface area contributed by atoms with Crippen molar-refractivity contribution in [1.29, 1.82) is 0 Å². The molecule has 0 fully saturated rings. The van der Waals surface area contributed by atoms with Crippen LogP contribution in [-0.4, -0.2) is 83.2 Å². The van der Waals surface area contributed by atoms with Crippen molar-refractivity contribution >= 4 is 83.2 Å². The molecule has 4 heteroatoms. The fraction of sp³-hybridized carbons (Fsp3) is 0. The predicted octanol–water partition coefficient (Wildman–Crippen LogP) is -0.314. The Labute approximate surface area is 138 Å². The molecule has 0 nitrogen and oxygen atoms in total. The summed E-state index contributed by atoms with van der Waals surface area (Å²) in [5, 5.41) is 0. The maximum absolute atomic E-state index is 0. The molecule has 4 heavy (non-hydrogen) atoms. The second-order valence-electron chi connectivity index (χ2n) is 0. The molecule has 0 heterocycles. The number of rotatable bonds is 0. The van der Waals surface area contributed by atoms with Crippen LogP contribution in [0.5, 0.6) is 0 Å². The molecule has 0 atom stereocenters. The maximum Gasteiger partial charge on any atom is 2.00 e. The van der Waals surface area contributed by atoms with E-state index in [9.17, 15) is 0 Å². The average Bonchev–Trinajstić information content (AvgIpc) is 0. The minimum atomic E-state index is 0. The largest absolute Gasteiger partial charge is 2.00 e. The normalized spacial score (nSPS) is 0. The summed E-state index contributed by atoms with van der Waals surface area (Å²) in [7, 11) is 0. The predicted molar refractivity (Wildman–Crippen MR) is 16.0 cm³/mol. The molecule has 0 bridgehead atoms. The Morgan fingerprint density at radius 2 is 1.25 bits per heavy atom. The van der Waals surface area contributed by atoms with Gasteiger partial charge in [0.1, 0.15) is 0 Å². The van der Waals surface area contributed by atoms with Gasteiger partial charge in [-0.25, -0.2) is 0 Å². The van der Waals surface area contributed by atoms with E-state index in [2.05, 4.69) is 0 Å². The van der Waals surface area contributed by atoms with Crippen molar-refractivity contribution in [3.8, 4) is 0 Å². The monoisotopic (exact) mass is 326 g/mol. The summed E-state index contributed by atoms with van der Waals surface area (Å²) in [5.41, 5.74) is 0. The average molecular weight is 326 g/mol. The van der Waals surface area contributed by atoms with Crippen LogP contribution < -0.4 is 0 Å². The van der Waals surface area contributed by atoms with Crippen molar-refractivity contribution in [1.82, 2.24) is 0 Å². The van der Waals surface area contributed by atoms with Gasteiger partial charge in [-0.1, -0.05) is 0 Å². The second kappa shape index (κ2) is 15.7. The van der Waals surface area contributed by atoms with Gasteiger partial charge in [-0.05, 0) is 0 Å². The summed E-state index contributed by atoms with van der Waals surface area (Å²) in [5.74, 6) is 0. The first-order chi connectivity index (χ1) is 0. The summed E-state index contributed by atoms with van der Waals surface area (Å²) in [6.07, 6.45) is 0. The Morgan fingerprint density at radius 3 is 1.25 bits per heavy atom. The molecule has 0 N–H and O–H groups in total. The third kappa shape index (κ3) is 9.68. The van der Waals surface area contributed by atoms with Crippen LogP contribution in [0.1, 0.15) is 5.71 Å². The molecule has 0 unspecified atom stereocenters. The molecule has 0 aliphatic carbocycles. The summed E-state index contributed by atoms with van der Waals surface area (Å²) in [6, 6.07) is 0. The van der Waals surface area contributed by atoms with E-state index in [1.807, 2.05) is 0 Å². The van der Waals surface area contributed by atoms with E-state index in [0.29, 0.717) is 0 Å². The molecular weight excluding hydrogens is 322 g/mol. The SMILES string of the molecule is [Ca+2].[H-].[H-].[H-].[H-].[La].[Mn].[Sr+2]. The van der Waals surface area contributed by atoms with Crippen molar-refractivity contribution in [2.75, 3.05) is 0 Å². The summed E-state index contributed by atoms with van der Waals surface area (Å²) in [6.45, 7) is 0. The maximum atomic E-state index is 0. The number of hydrogen-bond donors (Lipinski definition) is 0. The molecule has 18 valence electrons. The van der Waals surface area contributed by atoms with Crippen LogP contribution in [-0.2, 0) is 17.1 Å². The third-order valence-electron chi connectivity index (χ3n) is 0. The quantitative estimate of drug-likeness (QED) is 0.536. The summed E-state index contributed by atoms with van der Waals surface area (Å²) in [4.78, 5) is 0. The molecule has 0 rings (SSSR count). The van der Waals surface area contributed by atoms with Gasteiger partial charge in [-0.2, -0.15) is 0 Å². The first-order valence-electron chi connectivity index (χ1n) is 0. The van der Waals surface area contributed by atoms with E-state index >= 15 is 0 Å². The van der Waals surface area contributed by atoms with Crippen LogP contribution in [0.15, 0.2) is 0 Å². The van der Waals surface area contributed by atoms with E-state index in [0.717, 1.165) is 0 Å². The number of hydrogen-bond acceptors (Lipinski definition) is 0. The van der Waals surface area contributed by atoms with Crippen LogP contribution >= 0.6 is 0 Å². The third-order valence-corrected chi connectivity index (χ3v) is 0. The van der Waals surface area contributed by atoms with Crippen molar-refractivity contribution in [2.24, 2.45) is 0 Å². The van der Waals surface area contributed by atoms with Crippen LogP contribution in [0.2, 0.25) is 0 Å². The minimum absolute atomic E-state index is 0. The molecule has 2 radical (unpaired) electrons. The molecule has 0 spiro atoms. The van der Waals surface area contributed by atoms with E-state index in [1.165, 1.54) is 0 Å². The van der Waals surface area contributed by atoms with E-state index in [1.54, 1.807) is 0 Å². The van der Waals surface area contributed by atoms with Gasteiger partial charge in [0.15, 0.2) is 0 Å². The zero-order valence-electron chi connectivity index (χ0n) is 6.37. The van der Waals surface area contributed by atoms with Gasteiger partial charge in [0, 0.05) is 52.7 Å². The molecule has 0 aliphatic heterocycles. The van der Waals surface area contributed by atoms with E-state index in [-0.39, 0.29) is 142 Å². The van der Waals surface area contributed by atoms with Crippen LogP contribution in [0.25, 0.3) is 0 Å². The topological polar surface area (TPSA) is 0 Å². The first kappa shape index (κ1) is 23.7. The van der Waals surface area contributed by atoms with E-state index in [4.69, 9.17) is 0 Å². The molecule has 0 saturated carbocycles. The van der Waals surface area contributed by atoms with Crippen LogP contribution in [0, 0.1) is 35.6 Å². The molecular formula is H4CaLaMnSr. The molecule has 0 saturated heterocycles. The Hall–Kier alpha value is 4.45. The molecule has 0 aliphatic rings.